The van der Waals surface area contributed by atoms with Gasteiger partial charge in [0.25, 0.3) is 0 Å². The van der Waals surface area contributed by atoms with Gasteiger partial charge in [-0.1, -0.05) is 60.3 Å². The van der Waals surface area contributed by atoms with E-state index >= 15 is 0 Å². The summed E-state index contributed by atoms with van der Waals surface area (Å²) in [6, 6.07) is 17.9. The number of nitrogens with one attached hydrogen (secondary N) is 1. The van der Waals surface area contributed by atoms with E-state index in [-0.39, 0.29) is 11.2 Å². The van der Waals surface area contributed by atoms with Crippen molar-refractivity contribution < 1.29 is 4.79 Å². The Morgan fingerprint density at radius 1 is 0.963 bits per heavy atom. The molecular weight excluding hydrogens is 354 g/mol. The van der Waals surface area contributed by atoms with Gasteiger partial charge in [-0.05, 0) is 44.9 Å². The molecule has 27 heavy (non-hydrogen) atoms. The van der Waals surface area contributed by atoms with Gasteiger partial charge in [-0.15, -0.1) is 0 Å². The highest BCUT2D eigenvalue weighted by Crippen LogP contribution is 2.26. The van der Waals surface area contributed by atoms with Gasteiger partial charge < -0.3 is 5.32 Å². The van der Waals surface area contributed by atoms with Crippen molar-refractivity contribution in [1.29, 1.82) is 0 Å². The maximum absolute atomic E-state index is 12.7. The predicted molar refractivity (Wildman–Crippen MR) is 112 cm³/mol. The molecule has 5 heteroatoms. The molecule has 3 rings (SSSR count). The molecule has 0 aliphatic carbocycles. The number of rotatable bonds is 5. The Labute approximate surface area is 164 Å². The third-order valence-corrected chi connectivity index (χ3v) is 5.25. The van der Waals surface area contributed by atoms with Crippen molar-refractivity contribution in [3.8, 4) is 11.3 Å². The molecule has 1 heterocycles. The van der Waals surface area contributed by atoms with Gasteiger partial charge in [0.05, 0.1) is 10.9 Å². The van der Waals surface area contributed by atoms with Gasteiger partial charge in [0.15, 0.2) is 5.16 Å². The minimum absolute atomic E-state index is 0.0521. The number of carbonyl (C=O) groups excluding carboxylic acids is 1. The number of para-hydroxylation sites is 1. The Morgan fingerprint density at radius 3 is 2.30 bits per heavy atom. The summed E-state index contributed by atoms with van der Waals surface area (Å²) in [5.41, 5.74) is 5.78. The Morgan fingerprint density at radius 2 is 1.63 bits per heavy atom. The number of anilines is 1. The number of benzene rings is 2. The van der Waals surface area contributed by atoms with Crippen LogP contribution in [0.15, 0.2) is 59.8 Å². The van der Waals surface area contributed by atoms with E-state index in [9.17, 15) is 4.79 Å². The van der Waals surface area contributed by atoms with Crippen LogP contribution in [0.25, 0.3) is 11.3 Å². The molecule has 0 aliphatic heterocycles. The van der Waals surface area contributed by atoms with E-state index in [0.717, 1.165) is 33.8 Å². The fourth-order valence-corrected chi connectivity index (χ4v) is 3.63. The first-order valence-electron chi connectivity index (χ1n) is 8.89. The fourth-order valence-electron chi connectivity index (χ4n) is 2.80. The summed E-state index contributed by atoms with van der Waals surface area (Å²) in [5, 5.41) is 3.34. The summed E-state index contributed by atoms with van der Waals surface area (Å²) >= 11 is 1.37. The SMILES string of the molecule is Cc1cc(-c2ccccc2)nc(S[C@@H](C)C(=O)Nc2c(C)cccc2C)n1. The molecule has 138 valence electrons. The van der Waals surface area contributed by atoms with Crippen LogP contribution in [-0.2, 0) is 4.79 Å². The lowest BCUT2D eigenvalue weighted by atomic mass is 10.1. The van der Waals surface area contributed by atoms with E-state index in [4.69, 9.17) is 0 Å². The molecule has 0 saturated carbocycles. The summed E-state index contributed by atoms with van der Waals surface area (Å²) in [5.74, 6) is -0.0521. The molecule has 0 unspecified atom stereocenters. The van der Waals surface area contributed by atoms with Crippen LogP contribution in [0.4, 0.5) is 5.69 Å². The van der Waals surface area contributed by atoms with Gasteiger partial charge in [-0.3, -0.25) is 4.79 Å². The van der Waals surface area contributed by atoms with Gasteiger partial charge in [-0.25, -0.2) is 9.97 Å². The average Bonchev–Trinajstić information content (AvgIpc) is 2.65. The molecule has 1 aromatic heterocycles. The Balaban J connectivity index is 1.77. The lowest BCUT2D eigenvalue weighted by Gasteiger charge is -2.15. The molecule has 1 atom stereocenters. The molecular formula is C22H23N3OS. The monoisotopic (exact) mass is 377 g/mol. The van der Waals surface area contributed by atoms with Crippen LogP contribution in [0.3, 0.4) is 0 Å². The third-order valence-electron chi connectivity index (χ3n) is 4.28. The maximum Gasteiger partial charge on any atom is 0.237 e. The van der Waals surface area contributed by atoms with Gasteiger partial charge in [0.1, 0.15) is 0 Å². The van der Waals surface area contributed by atoms with Crippen molar-refractivity contribution >= 4 is 23.4 Å². The minimum Gasteiger partial charge on any atom is -0.325 e. The standard InChI is InChI=1S/C22H23N3OS/c1-14-9-8-10-15(2)20(14)25-21(26)17(4)27-22-23-16(3)13-19(24-22)18-11-6-5-7-12-18/h5-13,17H,1-4H3,(H,25,26)/t17-/m0/s1. The molecule has 3 aromatic rings. The Hall–Kier alpha value is -2.66. The maximum atomic E-state index is 12.7. The number of aryl methyl sites for hydroxylation is 3. The highest BCUT2D eigenvalue weighted by atomic mass is 32.2. The quantitative estimate of drug-likeness (QED) is 0.491. The van der Waals surface area contributed by atoms with E-state index in [1.165, 1.54) is 11.8 Å². The molecule has 2 aromatic carbocycles. The van der Waals surface area contributed by atoms with E-state index in [2.05, 4.69) is 15.3 Å². The van der Waals surface area contributed by atoms with Crippen LogP contribution >= 0.6 is 11.8 Å². The second-order valence-electron chi connectivity index (χ2n) is 6.56. The molecule has 0 spiro atoms. The highest BCUT2D eigenvalue weighted by Gasteiger charge is 2.18. The van der Waals surface area contributed by atoms with Crippen LogP contribution in [0.1, 0.15) is 23.7 Å². The van der Waals surface area contributed by atoms with E-state index in [1.54, 1.807) is 0 Å². The summed E-state index contributed by atoms with van der Waals surface area (Å²) < 4.78 is 0. The van der Waals surface area contributed by atoms with Crippen molar-refractivity contribution in [2.45, 2.75) is 38.1 Å². The molecule has 0 radical (unpaired) electrons. The van der Waals surface area contributed by atoms with Gasteiger partial charge in [-0.2, -0.15) is 0 Å². The second-order valence-corrected chi connectivity index (χ2v) is 7.87. The number of hydrogen-bond donors (Lipinski definition) is 1. The lowest BCUT2D eigenvalue weighted by molar-refractivity contribution is -0.115. The molecule has 4 nitrogen and oxygen atoms in total. The van der Waals surface area contributed by atoms with E-state index < -0.39 is 0 Å². The van der Waals surface area contributed by atoms with E-state index in [0.29, 0.717) is 5.16 Å². The van der Waals surface area contributed by atoms with Crippen molar-refractivity contribution in [2.75, 3.05) is 5.32 Å². The lowest BCUT2D eigenvalue weighted by Crippen LogP contribution is -2.23. The number of carbonyl (C=O) groups is 1. The highest BCUT2D eigenvalue weighted by molar-refractivity contribution is 8.00. The predicted octanol–water partition coefficient (Wildman–Crippen LogP) is 5.19. The smallest absolute Gasteiger partial charge is 0.237 e. The summed E-state index contributed by atoms with van der Waals surface area (Å²) in [7, 11) is 0. The topological polar surface area (TPSA) is 54.9 Å². The summed E-state index contributed by atoms with van der Waals surface area (Å²) in [4.78, 5) is 21.8. The van der Waals surface area contributed by atoms with Crippen LogP contribution in [0.2, 0.25) is 0 Å². The van der Waals surface area contributed by atoms with Crippen LogP contribution in [0.5, 0.6) is 0 Å². The van der Waals surface area contributed by atoms with E-state index in [1.807, 2.05) is 82.3 Å². The fraction of sp³-hybridized carbons (Fsp3) is 0.227. The van der Waals surface area contributed by atoms with Gasteiger partial charge in [0.2, 0.25) is 5.91 Å². The van der Waals surface area contributed by atoms with Crippen LogP contribution in [0, 0.1) is 20.8 Å². The number of hydrogen-bond acceptors (Lipinski definition) is 4. The van der Waals surface area contributed by atoms with Crippen molar-refractivity contribution in [1.82, 2.24) is 9.97 Å². The number of amides is 1. The Bertz CT molecular complexity index is 937. The van der Waals surface area contributed by atoms with Crippen LogP contribution < -0.4 is 5.32 Å². The van der Waals surface area contributed by atoms with Gasteiger partial charge >= 0.3 is 0 Å². The first-order chi connectivity index (χ1) is 12.9. The van der Waals surface area contributed by atoms with Gasteiger partial charge in [0, 0.05) is 16.9 Å². The normalized spacial score (nSPS) is 11.9. The number of aromatic nitrogens is 2. The van der Waals surface area contributed by atoms with Crippen molar-refractivity contribution in [3.05, 3.63) is 71.4 Å². The zero-order chi connectivity index (χ0) is 19.4. The first kappa shape index (κ1) is 19.1. The average molecular weight is 378 g/mol. The van der Waals surface area contributed by atoms with Crippen molar-refractivity contribution in [3.63, 3.8) is 0 Å². The summed E-state index contributed by atoms with van der Waals surface area (Å²) in [6.07, 6.45) is 0. The second kappa shape index (κ2) is 8.35. The zero-order valence-corrected chi connectivity index (χ0v) is 16.8. The molecule has 1 N–H and O–H groups in total. The largest absolute Gasteiger partial charge is 0.325 e. The molecule has 0 fully saturated rings. The molecule has 1 amide bonds. The molecule has 0 bridgehead atoms. The van der Waals surface area contributed by atoms with Crippen molar-refractivity contribution in [2.24, 2.45) is 0 Å². The third kappa shape index (κ3) is 4.74. The van der Waals surface area contributed by atoms with Crippen LogP contribution in [-0.4, -0.2) is 21.1 Å². The first-order valence-corrected chi connectivity index (χ1v) is 9.77. The number of nitrogens with zero attached hydrogens (tertiary/aromatic N) is 2. The molecule has 0 saturated heterocycles. The summed E-state index contributed by atoms with van der Waals surface area (Å²) in [6.45, 7) is 7.81. The number of thioether (sulfide) groups is 1. The molecule has 0 aliphatic rings. The Kier molecular flexibility index (Phi) is 5.91. The minimum atomic E-state index is -0.311. The zero-order valence-electron chi connectivity index (χ0n) is 16.0.